The molecule has 0 bridgehead atoms. The van der Waals surface area contributed by atoms with Gasteiger partial charge < -0.3 is 10.2 Å². The van der Waals surface area contributed by atoms with E-state index in [1.165, 1.54) is 4.31 Å². The molecule has 0 heterocycles. The summed E-state index contributed by atoms with van der Waals surface area (Å²) in [7, 11) is -3.57. The third-order valence-corrected chi connectivity index (χ3v) is 9.46. The van der Waals surface area contributed by atoms with Crippen LogP contribution in [-0.2, 0) is 32.6 Å². The van der Waals surface area contributed by atoms with Crippen LogP contribution in [0.25, 0.3) is 0 Å². The third kappa shape index (κ3) is 8.72. The number of hydrogen-bond acceptors (Lipinski definition) is 4. The Balaban J connectivity index is 1.62. The Labute approximate surface area is 258 Å². The van der Waals surface area contributed by atoms with Gasteiger partial charge in [-0.1, -0.05) is 90.6 Å². The summed E-state index contributed by atoms with van der Waals surface area (Å²) in [4.78, 5) is 29.4. The number of amides is 2. The van der Waals surface area contributed by atoms with Crippen LogP contribution in [0, 0.1) is 0 Å². The normalized spacial score (nSPS) is 14.4. The SMILES string of the molecule is CS(=O)(=O)N(CCCC(=O)N(Cc1c(Cl)cccc1Cl)[C@H](Cc1ccccc1)C(=O)NC1CCCC1)c1ccccc1. The minimum Gasteiger partial charge on any atom is -0.352 e. The van der Waals surface area contributed by atoms with E-state index in [1.54, 1.807) is 47.4 Å². The molecule has 0 aliphatic heterocycles. The summed E-state index contributed by atoms with van der Waals surface area (Å²) in [6, 6.07) is 22.8. The maximum absolute atomic E-state index is 14.0. The molecule has 0 unspecified atom stereocenters. The second-order valence-electron chi connectivity index (χ2n) is 10.7. The Kier molecular flexibility index (Phi) is 11.3. The lowest BCUT2D eigenvalue weighted by atomic mass is 10.0. The van der Waals surface area contributed by atoms with E-state index in [2.05, 4.69) is 5.32 Å². The van der Waals surface area contributed by atoms with Crippen molar-refractivity contribution >= 4 is 50.7 Å². The Morgan fingerprint density at radius 3 is 2.10 bits per heavy atom. The van der Waals surface area contributed by atoms with Gasteiger partial charge in [-0.2, -0.15) is 0 Å². The van der Waals surface area contributed by atoms with Crippen molar-refractivity contribution < 1.29 is 18.0 Å². The molecule has 42 heavy (non-hydrogen) atoms. The zero-order valence-corrected chi connectivity index (χ0v) is 26.0. The summed E-state index contributed by atoms with van der Waals surface area (Å²) in [5.74, 6) is -0.501. The molecule has 0 spiro atoms. The van der Waals surface area contributed by atoms with E-state index in [-0.39, 0.29) is 43.8 Å². The van der Waals surface area contributed by atoms with Gasteiger partial charge in [0.15, 0.2) is 0 Å². The fourth-order valence-electron chi connectivity index (χ4n) is 5.37. The average Bonchev–Trinajstić information content (AvgIpc) is 3.47. The number of para-hydroxylation sites is 1. The molecule has 1 N–H and O–H groups in total. The second kappa shape index (κ2) is 14.9. The van der Waals surface area contributed by atoms with Crippen molar-refractivity contribution in [3.63, 3.8) is 0 Å². The maximum Gasteiger partial charge on any atom is 0.243 e. The van der Waals surface area contributed by atoms with Gasteiger partial charge in [-0.05, 0) is 49.1 Å². The topological polar surface area (TPSA) is 86.8 Å². The monoisotopic (exact) mass is 629 g/mol. The van der Waals surface area contributed by atoms with E-state index in [9.17, 15) is 18.0 Å². The van der Waals surface area contributed by atoms with Crippen LogP contribution in [0.5, 0.6) is 0 Å². The molecular weight excluding hydrogens is 593 g/mol. The molecule has 10 heteroatoms. The summed E-state index contributed by atoms with van der Waals surface area (Å²) in [6.45, 7) is 0.161. The molecule has 3 aromatic rings. The average molecular weight is 631 g/mol. The van der Waals surface area contributed by atoms with E-state index < -0.39 is 16.1 Å². The number of carbonyl (C=O) groups is 2. The first-order chi connectivity index (χ1) is 20.1. The van der Waals surface area contributed by atoms with Crippen molar-refractivity contribution in [1.82, 2.24) is 10.2 Å². The van der Waals surface area contributed by atoms with Gasteiger partial charge in [-0.3, -0.25) is 13.9 Å². The number of rotatable bonds is 13. The maximum atomic E-state index is 14.0. The summed E-state index contributed by atoms with van der Waals surface area (Å²) >= 11 is 13.1. The predicted octanol–water partition coefficient (Wildman–Crippen LogP) is 6.24. The van der Waals surface area contributed by atoms with E-state index >= 15 is 0 Å². The van der Waals surface area contributed by atoms with Crippen LogP contribution in [-0.4, -0.2) is 50.0 Å². The Hall–Kier alpha value is -3.07. The lowest BCUT2D eigenvalue weighted by Gasteiger charge is -2.33. The van der Waals surface area contributed by atoms with Crippen LogP contribution in [0.2, 0.25) is 10.0 Å². The van der Waals surface area contributed by atoms with Crippen LogP contribution in [0.3, 0.4) is 0 Å². The van der Waals surface area contributed by atoms with Crippen molar-refractivity contribution in [1.29, 1.82) is 0 Å². The van der Waals surface area contributed by atoms with Gasteiger partial charge in [0, 0.05) is 47.6 Å². The highest BCUT2D eigenvalue weighted by molar-refractivity contribution is 7.92. The van der Waals surface area contributed by atoms with Gasteiger partial charge in [0.1, 0.15) is 6.04 Å². The first-order valence-corrected chi connectivity index (χ1v) is 16.8. The molecule has 3 aromatic carbocycles. The number of carbonyl (C=O) groups excluding carboxylic acids is 2. The summed E-state index contributed by atoms with van der Waals surface area (Å²) in [5.41, 5.74) is 2.01. The van der Waals surface area contributed by atoms with Crippen LogP contribution in [0.1, 0.15) is 49.7 Å². The van der Waals surface area contributed by atoms with Crippen molar-refractivity contribution in [2.45, 2.75) is 63.6 Å². The smallest absolute Gasteiger partial charge is 0.243 e. The quantitative estimate of drug-likeness (QED) is 0.242. The lowest BCUT2D eigenvalue weighted by Crippen LogP contribution is -2.52. The first-order valence-electron chi connectivity index (χ1n) is 14.2. The number of halogens is 2. The fraction of sp³-hybridized carbons (Fsp3) is 0.375. The predicted molar refractivity (Wildman–Crippen MR) is 169 cm³/mol. The molecular formula is C32H37Cl2N3O4S. The molecule has 1 aliphatic carbocycles. The van der Waals surface area contributed by atoms with Crippen LogP contribution in [0.4, 0.5) is 5.69 Å². The highest BCUT2D eigenvalue weighted by Crippen LogP contribution is 2.28. The van der Waals surface area contributed by atoms with Crippen molar-refractivity contribution in [3.05, 3.63) is 100 Å². The standard InChI is InChI=1S/C32H37Cl2N3O4S/c1-42(40,41)37(26-16-6-3-7-17-26)21-11-20-31(38)36(23-27-28(33)18-10-19-29(27)34)30(22-24-12-4-2-5-13-24)32(39)35-25-14-8-9-15-25/h2-7,10,12-13,16-19,25,30H,8-9,11,14-15,20-23H2,1H3,(H,35,39)/t30-/m1/s1. The molecule has 0 aromatic heterocycles. The van der Waals surface area contributed by atoms with E-state index in [0.29, 0.717) is 27.7 Å². The molecule has 1 fully saturated rings. The zero-order valence-electron chi connectivity index (χ0n) is 23.7. The Morgan fingerprint density at radius 1 is 0.905 bits per heavy atom. The molecule has 2 amide bonds. The minimum absolute atomic E-state index is 0.0307. The first kappa shape index (κ1) is 31.9. The second-order valence-corrected chi connectivity index (χ2v) is 13.4. The number of nitrogens with zero attached hydrogens (tertiary/aromatic N) is 2. The molecule has 0 radical (unpaired) electrons. The van der Waals surface area contributed by atoms with Gasteiger partial charge in [-0.25, -0.2) is 8.42 Å². The van der Waals surface area contributed by atoms with Gasteiger partial charge in [-0.15, -0.1) is 0 Å². The molecule has 1 atom stereocenters. The van der Waals surface area contributed by atoms with Crippen molar-refractivity contribution in [2.75, 3.05) is 17.1 Å². The van der Waals surface area contributed by atoms with Crippen molar-refractivity contribution in [2.24, 2.45) is 0 Å². The van der Waals surface area contributed by atoms with Gasteiger partial charge in [0.05, 0.1) is 11.9 Å². The Bertz CT molecular complexity index is 1430. The van der Waals surface area contributed by atoms with Gasteiger partial charge >= 0.3 is 0 Å². The van der Waals surface area contributed by atoms with Gasteiger partial charge in [0.25, 0.3) is 0 Å². The van der Waals surface area contributed by atoms with Crippen molar-refractivity contribution in [3.8, 4) is 0 Å². The van der Waals surface area contributed by atoms with Crippen LogP contribution >= 0.6 is 23.2 Å². The summed E-state index contributed by atoms with van der Waals surface area (Å²) in [5, 5.41) is 3.99. The van der Waals surface area contributed by atoms with E-state index in [1.807, 2.05) is 36.4 Å². The minimum atomic E-state index is -3.57. The number of nitrogens with one attached hydrogen (secondary N) is 1. The Morgan fingerprint density at radius 2 is 1.50 bits per heavy atom. The number of anilines is 1. The molecule has 1 aliphatic rings. The van der Waals surface area contributed by atoms with Gasteiger partial charge in [0.2, 0.25) is 21.8 Å². The lowest BCUT2D eigenvalue weighted by molar-refractivity contribution is -0.141. The van der Waals surface area contributed by atoms with E-state index in [4.69, 9.17) is 23.2 Å². The molecule has 1 saturated carbocycles. The summed E-state index contributed by atoms with van der Waals surface area (Å²) in [6.07, 6.45) is 5.70. The van der Waals surface area contributed by atoms with Crippen LogP contribution < -0.4 is 9.62 Å². The molecule has 224 valence electrons. The molecule has 4 rings (SSSR count). The highest BCUT2D eigenvalue weighted by Gasteiger charge is 2.33. The zero-order chi connectivity index (χ0) is 30.1. The number of hydrogen-bond donors (Lipinski definition) is 1. The number of benzene rings is 3. The fourth-order valence-corrected chi connectivity index (χ4v) is 6.86. The highest BCUT2D eigenvalue weighted by atomic mass is 35.5. The van der Waals surface area contributed by atoms with Crippen LogP contribution in [0.15, 0.2) is 78.9 Å². The van der Waals surface area contributed by atoms with E-state index in [0.717, 1.165) is 37.5 Å². The third-order valence-electron chi connectivity index (χ3n) is 7.56. The largest absolute Gasteiger partial charge is 0.352 e. The number of sulfonamides is 1. The molecule has 0 saturated heterocycles. The molecule has 7 nitrogen and oxygen atoms in total. The summed E-state index contributed by atoms with van der Waals surface area (Å²) < 4.78 is 26.4.